The molecular weight excluding hydrogens is 328 g/mol. The largest absolute Gasteiger partial charge is 0.333 e. The van der Waals surface area contributed by atoms with Crippen LogP contribution in [0.3, 0.4) is 0 Å². The van der Waals surface area contributed by atoms with Gasteiger partial charge in [-0.15, -0.1) is 0 Å². The van der Waals surface area contributed by atoms with Crippen molar-refractivity contribution in [1.82, 2.24) is 19.5 Å². The summed E-state index contributed by atoms with van der Waals surface area (Å²) in [6.07, 6.45) is 0. The molecule has 0 radical (unpaired) electrons. The lowest BCUT2D eigenvalue weighted by molar-refractivity contribution is 0.874. The maximum absolute atomic E-state index is 6.04. The van der Waals surface area contributed by atoms with Crippen LogP contribution in [-0.2, 0) is 12.8 Å². The van der Waals surface area contributed by atoms with Gasteiger partial charge in [0.25, 0.3) is 0 Å². The Morgan fingerprint density at radius 1 is 1.13 bits per heavy atom. The molecule has 0 fully saturated rings. The quantitative estimate of drug-likeness (QED) is 0.549. The highest BCUT2D eigenvalue weighted by atomic mass is 35.5. The van der Waals surface area contributed by atoms with Gasteiger partial charge in [-0.25, -0.2) is 9.97 Å². The Balaban J connectivity index is 1.61. The van der Waals surface area contributed by atoms with E-state index >= 15 is 0 Å². The molecule has 0 aliphatic rings. The van der Waals surface area contributed by atoms with Crippen LogP contribution in [0, 0.1) is 6.92 Å². The standard InChI is InChI=1S/C17H15ClN4S/c1-10-3-5-12-13(7-10)21-17(20-12)23-9-16-19-14-8-11(18)4-6-15(14)22(16)2/h3-8H,9H2,1-2H3,(H,20,21). The van der Waals surface area contributed by atoms with Gasteiger partial charge in [-0.1, -0.05) is 29.4 Å². The molecule has 4 rings (SSSR count). The second kappa shape index (κ2) is 5.58. The number of H-pyrrole nitrogens is 1. The van der Waals surface area contributed by atoms with E-state index in [2.05, 4.69) is 38.6 Å². The van der Waals surface area contributed by atoms with Gasteiger partial charge in [0.15, 0.2) is 5.16 Å². The van der Waals surface area contributed by atoms with Crippen molar-refractivity contribution >= 4 is 45.4 Å². The van der Waals surface area contributed by atoms with Crippen LogP contribution < -0.4 is 0 Å². The molecule has 0 atom stereocenters. The molecule has 0 saturated heterocycles. The average molecular weight is 343 g/mol. The number of hydrogen-bond donors (Lipinski definition) is 1. The van der Waals surface area contributed by atoms with E-state index in [0.29, 0.717) is 5.02 Å². The second-order valence-electron chi connectivity index (χ2n) is 5.57. The zero-order valence-corrected chi connectivity index (χ0v) is 14.4. The molecule has 2 aromatic carbocycles. The summed E-state index contributed by atoms with van der Waals surface area (Å²) < 4.78 is 2.10. The molecule has 4 aromatic rings. The summed E-state index contributed by atoms with van der Waals surface area (Å²) in [6, 6.07) is 12.0. The molecule has 0 bridgehead atoms. The van der Waals surface area contributed by atoms with Crippen molar-refractivity contribution in [3.05, 3.63) is 52.8 Å². The molecule has 2 aromatic heterocycles. The first kappa shape index (κ1) is 14.6. The summed E-state index contributed by atoms with van der Waals surface area (Å²) in [5.41, 5.74) is 5.31. The van der Waals surface area contributed by atoms with E-state index in [4.69, 9.17) is 11.6 Å². The minimum Gasteiger partial charge on any atom is -0.333 e. The predicted molar refractivity (Wildman–Crippen MR) is 96.1 cm³/mol. The van der Waals surface area contributed by atoms with Gasteiger partial charge < -0.3 is 9.55 Å². The van der Waals surface area contributed by atoms with E-state index in [1.54, 1.807) is 11.8 Å². The summed E-state index contributed by atoms with van der Waals surface area (Å²) in [7, 11) is 2.03. The van der Waals surface area contributed by atoms with Crippen molar-refractivity contribution in [2.45, 2.75) is 17.8 Å². The van der Waals surface area contributed by atoms with Crippen molar-refractivity contribution < 1.29 is 0 Å². The summed E-state index contributed by atoms with van der Waals surface area (Å²) in [5.74, 6) is 1.76. The summed E-state index contributed by atoms with van der Waals surface area (Å²) in [5, 5.41) is 1.62. The van der Waals surface area contributed by atoms with Gasteiger partial charge in [-0.3, -0.25) is 0 Å². The van der Waals surface area contributed by atoms with Crippen LogP contribution in [0.1, 0.15) is 11.4 Å². The normalized spacial score (nSPS) is 11.6. The Bertz CT molecular complexity index is 1020. The second-order valence-corrected chi connectivity index (χ2v) is 6.97. The molecule has 0 amide bonds. The predicted octanol–water partition coefficient (Wildman–Crippen LogP) is 4.70. The topological polar surface area (TPSA) is 46.5 Å². The number of rotatable bonds is 3. The van der Waals surface area contributed by atoms with E-state index in [0.717, 1.165) is 38.8 Å². The summed E-state index contributed by atoms with van der Waals surface area (Å²) in [4.78, 5) is 12.7. The van der Waals surface area contributed by atoms with E-state index in [1.807, 2.05) is 31.3 Å². The zero-order chi connectivity index (χ0) is 16.0. The number of halogens is 1. The number of aryl methyl sites for hydroxylation is 2. The molecule has 116 valence electrons. The first-order valence-corrected chi connectivity index (χ1v) is 8.66. The van der Waals surface area contributed by atoms with Gasteiger partial charge in [-0.2, -0.15) is 0 Å². The fourth-order valence-corrected chi connectivity index (χ4v) is 3.69. The van der Waals surface area contributed by atoms with Crippen LogP contribution >= 0.6 is 23.4 Å². The number of nitrogens with zero attached hydrogens (tertiary/aromatic N) is 3. The maximum atomic E-state index is 6.04. The third kappa shape index (κ3) is 2.71. The molecule has 0 spiro atoms. The molecule has 0 unspecified atom stereocenters. The SMILES string of the molecule is Cc1ccc2nc(SCc3nc4cc(Cl)ccc4n3C)[nH]c2c1. The molecule has 4 nitrogen and oxygen atoms in total. The lowest BCUT2D eigenvalue weighted by Crippen LogP contribution is -1.95. The van der Waals surface area contributed by atoms with E-state index in [9.17, 15) is 0 Å². The molecule has 6 heteroatoms. The fourth-order valence-electron chi connectivity index (χ4n) is 2.65. The summed E-state index contributed by atoms with van der Waals surface area (Å²) >= 11 is 7.70. The Labute approximate surface area is 142 Å². The van der Waals surface area contributed by atoms with Gasteiger partial charge in [0, 0.05) is 12.1 Å². The van der Waals surface area contributed by atoms with Crippen molar-refractivity contribution in [3.63, 3.8) is 0 Å². The Morgan fingerprint density at radius 3 is 2.87 bits per heavy atom. The lowest BCUT2D eigenvalue weighted by atomic mass is 10.2. The number of fused-ring (bicyclic) bond motifs is 2. The molecule has 1 N–H and O–H groups in total. The van der Waals surface area contributed by atoms with Gasteiger partial charge in [0.05, 0.1) is 27.8 Å². The minimum absolute atomic E-state index is 0.711. The van der Waals surface area contributed by atoms with Crippen molar-refractivity contribution in [2.75, 3.05) is 0 Å². The number of nitrogens with one attached hydrogen (secondary N) is 1. The van der Waals surface area contributed by atoms with Crippen LogP contribution in [0.5, 0.6) is 0 Å². The molecular formula is C17H15ClN4S. The fraction of sp³-hybridized carbons (Fsp3) is 0.176. The van der Waals surface area contributed by atoms with E-state index in [-0.39, 0.29) is 0 Å². The molecule has 23 heavy (non-hydrogen) atoms. The van der Waals surface area contributed by atoms with Crippen LogP contribution in [0.2, 0.25) is 5.02 Å². The van der Waals surface area contributed by atoms with Gasteiger partial charge in [-0.05, 0) is 42.8 Å². The molecule has 0 aliphatic carbocycles. The van der Waals surface area contributed by atoms with Crippen molar-refractivity contribution in [2.24, 2.45) is 7.05 Å². The van der Waals surface area contributed by atoms with Crippen LogP contribution in [0.4, 0.5) is 0 Å². The highest BCUT2D eigenvalue weighted by molar-refractivity contribution is 7.98. The lowest BCUT2D eigenvalue weighted by Gasteiger charge is -2.00. The zero-order valence-electron chi connectivity index (χ0n) is 12.8. The van der Waals surface area contributed by atoms with Gasteiger partial charge in [0.2, 0.25) is 0 Å². The number of imidazole rings is 2. The first-order chi connectivity index (χ1) is 11.1. The maximum Gasteiger partial charge on any atom is 0.166 e. The van der Waals surface area contributed by atoms with Crippen molar-refractivity contribution in [3.8, 4) is 0 Å². The highest BCUT2D eigenvalue weighted by Crippen LogP contribution is 2.26. The van der Waals surface area contributed by atoms with Gasteiger partial charge >= 0.3 is 0 Å². The third-order valence-corrected chi connectivity index (χ3v) is 4.99. The van der Waals surface area contributed by atoms with E-state index in [1.165, 1.54) is 5.56 Å². The molecule has 2 heterocycles. The smallest absolute Gasteiger partial charge is 0.166 e. The Morgan fingerprint density at radius 2 is 2.00 bits per heavy atom. The van der Waals surface area contributed by atoms with Crippen LogP contribution in [0.25, 0.3) is 22.1 Å². The molecule has 0 aliphatic heterocycles. The third-order valence-electron chi connectivity index (χ3n) is 3.89. The van der Waals surface area contributed by atoms with Crippen molar-refractivity contribution in [1.29, 1.82) is 0 Å². The molecule has 0 saturated carbocycles. The first-order valence-electron chi connectivity index (χ1n) is 7.30. The number of hydrogen-bond acceptors (Lipinski definition) is 3. The summed E-state index contributed by atoms with van der Waals surface area (Å²) in [6.45, 7) is 2.08. The Hall–Kier alpha value is -1.98. The van der Waals surface area contributed by atoms with Gasteiger partial charge in [0.1, 0.15) is 5.82 Å². The number of aromatic amines is 1. The highest BCUT2D eigenvalue weighted by Gasteiger charge is 2.10. The average Bonchev–Trinajstić information content (AvgIpc) is 3.05. The number of thioether (sulfide) groups is 1. The van der Waals surface area contributed by atoms with E-state index < -0.39 is 0 Å². The Kier molecular flexibility index (Phi) is 3.54. The van der Waals surface area contributed by atoms with Crippen LogP contribution in [0.15, 0.2) is 41.6 Å². The number of aromatic nitrogens is 4. The minimum atomic E-state index is 0.711. The monoisotopic (exact) mass is 342 g/mol. The van der Waals surface area contributed by atoms with Crippen LogP contribution in [-0.4, -0.2) is 19.5 Å². The number of benzene rings is 2.